The molecule has 1 aromatic rings. The molecular weight excluding hydrogens is 276 g/mol. The maximum Gasteiger partial charge on any atom is 0.205 e. The Hall–Kier alpha value is -0.320. The molecule has 0 saturated carbocycles. The standard InChI is InChI=1S/C15H18O2S2/c1-14(2)16-11-5-3-4-10-8-15(18-6-7-19-15)9-12(17-14)13(10)11/h3-5,12H,6-9H2,1-2H3. The van der Waals surface area contributed by atoms with Gasteiger partial charge in [0.2, 0.25) is 5.79 Å². The van der Waals surface area contributed by atoms with Crippen LogP contribution in [0.1, 0.15) is 37.5 Å². The summed E-state index contributed by atoms with van der Waals surface area (Å²) in [6.07, 6.45) is 2.45. The summed E-state index contributed by atoms with van der Waals surface area (Å²) in [5.41, 5.74) is 2.73. The van der Waals surface area contributed by atoms with Crippen LogP contribution in [0.5, 0.6) is 5.75 Å². The third-order valence-electron chi connectivity index (χ3n) is 4.03. The molecular formula is C15H18O2S2. The normalized spacial score (nSPS) is 29.9. The minimum Gasteiger partial charge on any atom is -0.463 e. The Morgan fingerprint density at radius 1 is 1.21 bits per heavy atom. The van der Waals surface area contributed by atoms with Crippen LogP contribution >= 0.6 is 23.5 Å². The van der Waals surface area contributed by atoms with Crippen molar-refractivity contribution in [2.75, 3.05) is 11.5 Å². The number of hydrogen-bond donors (Lipinski definition) is 0. The molecule has 1 unspecified atom stereocenters. The van der Waals surface area contributed by atoms with Crippen molar-refractivity contribution in [3.8, 4) is 5.75 Å². The largest absolute Gasteiger partial charge is 0.463 e. The lowest BCUT2D eigenvalue weighted by atomic mass is 9.87. The summed E-state index contributed by atoms with van der Waals surface area (Å²) >= 11 is 4.24. The molecule has 0 amide bonds. The van der Waals surface area contributed by atoms with Crippen LogP contribution in [0.25, 0.3) is 0 Å². The van der Waals surface area contributed by atoms with E-state index in [4.69, 9.17) is 9.47 Å². The van der Waals surface area contributed by atoms with Crippen molar-refractivity contribution in [3.63, 3.8) is 0 Å². The molecule has 1 aromatic carbocycles. The summed E-state index contributed by atoms with van der Waals surface area (Å²) < 4.78 is 12.5. The molecule has 0 radical (unpaired) electrons. The molecule has 1 saturated heterocycles. The van der Waals surface area contributed by atoms with Gasteiger partial charge in [0, 0.05) is 37.3 Å². The average molecular weight is 294 g/mol. The minimum atomic E-state index is -0.511. The first-order valence-corrected chi connectivity index (χ1v) is 8.81. The zero-order chi connectivity index (χ0) is 13.1. The zero-order valence-electron chi connectivity index (χ0n) is 11.3. The molecule has 4 rings (SSSR count). The maximum absolute atomic E-state index is 6.22. The predicted octanol–water partition coefficient (Wildman–Crippen LogP) is 4.00. The molecule has 102 valence electrons. The fourth-order valence-electron chi connectivity index (χ4n) is 3.39. The van der Waals surface area contributed by atoms with Gasteiger partial charge in [-0.1, -0.05) is 12.1 Å². The van der Waals surface area contributed by atoms with Crippen molar-refractivity contribution in [2.45, 2.75) is 42.7 Å². The first-order valence-electron chi connectivity index (χ1n) is 6.84. The van der Waals surface area contributed by atoms with Gasteiger partial charge in [0.1, 0.15) is 5.75 Å². The first-order chi connectivity index (χ1) is 9.07. The molecule has 1 atom stereocenters. The van der Waals surface area contributed by atoms with Crippen LogP contribution in [0.3, 0.4) is 0 Å². The van der Waals surface area contributed by atoms with Crippen LogP contribution in [0.4, 0.5) is 0 Å². The highest BCUT2D eigenvalue weighted by atomic mass is 32.2. The summed E-state index contributed by atoms with van der Waals surface area (Å²) in [4.78, 5) is 0. The van der Waals surface area contributed by atoms with E-state index < -0.39 is 5.79 Å². The van der Waals surface area contributed by atoms with Gasteiger partial charge < -0.3 is 9.47 Å². The zero-order valence-corrected chi connectivity index (χ0v) is 12.9. The van der Waals surface area contributed by atoms with Crippen LogP contribution in [-0.2, 0) is 11.2 Å². The Morgan fingerprint density at radius 3 is 2.79 bits per heavy atom. The van der Waals surface area contributed by atoms with Crippen molar-refractivity contribution in [3.05, 3.63) is 29.3 Å². The van der Waals surface area contributed by atoms with Gasteiger partial charge in [0.15, 0.2) is 0 Å². The van der Waals surface area contributed by atoms with E-state index in [-0.39, 0.29) is 6.10 Å². The second-order valence-corrected chi connectivity index (χ2v) is 9.14. The summed E-state index contributed by atoms with van der Waals surface area (Å²) in [7, 11) is 0. The lowest BCUT2D eigenvalue weighted by Gasteiger charge is -2.45. The van der Waals surface area contributed by atoms with E-state index in [1.165, 1.54) is 22.6 Å². The molecule has 0 N–H and O–H groups in total. The van der Waals surface area contributed by atoms with Crippen LogP contribution in [0.15, 0.2) is 18.2 Å². The number of hydrogen-bond acceptors (Lipinski definition) is 4. The molecule has 2 aliphatic heterocycles. The first kappa shape index (κ1) is 12.4. The molecule has 2 nitrogen and oxygen atoms in total. The van der Waals surface area contributed by atoms with Gasteiger partial charge >= 0.3 is 0 Å². The Balaban J connectivity index is 1.81. The molecule has 3 aliphatic rings. The summed E-state index contributed by atoms with van der Waals surface area (Å²) in [6.45, 7) is 4.03. The highest BCUT2D eigenvalue weighted by Crippen LogP contribution is 2.58. The van der Waals surface area contributed by atoms with Crippen molar-refractivity contribution in [1.29, 1.82) is 0 Å². The van der Waals surface area contributed by atoms with Gasteiger partial charge in [0.25, 0.3) is 0 Å². The average Bonchev–Trinajstić information content (AvgIpc) is 2.74. The Kier molecular flexibility index (Phi) is 2.67. The number of thioether (sulfide) groups is 2. The van der Waals surface area contributed by atoms with E-state index in [0.717, 1.165) is 18.6 Å². The third-order valence-corrected chi connectivity index (χ3v) is 7.49. The molecule has 1 fully saturated rings. The monoisotopic (exact) mass is 294 g/mol. The lowest BCUT2D eigenvalue weighted by Crippen LogP contribution is -2.42. The van der Waals surface area contributed by atoms with Crippen LogP contribution < -0.4 is 4.74 Å². The van der Waals surface area contributed by atoms with Gasteiger partial charge in [0.05, 0.1) is 10.2 Å². The smallest absolute Gasteiger partial charge is 0.205 e. The Bertz CT molecular complexity index is 521. The molecule has 19 heavy (non-hydrogen) atoms. The van der Waals surface area contributed by atoms with Crippen molar-refractivity contribution in [2.24, 2.45) is 0 Å². The van der Waals surface area contributed by atoms with E-state index in [1.807, 2.05) is 13.8 Å². The SMILES string of the molecule is CC1(C)Oc2cccc3c2C(CC2(C3)SCCS2)O1. The highest BCUT2D eigenvalue weighted by molar-refractivity contribution is 8.21. The second-order valence-electron chi connectivity index (χ2n) is 5.93. The molecule has 1 spiro atoms. The van der Waals surface area contributed by atoms with Gasteiger partial charge in [-0.15, -0.1) is 23.5 Å². The van der Waals surface area contributed by atoms with E-state index in [2.05, 4.69) is 41.7 Å². The van der Waals surface area contributed by atoms with Crippen molar-refractivity contribution in [1.82, 2.24) is 0 Å². The third kappa shape index (κ3) is 1.99. The predicted molar refractivity (Wildman–Crippen MR) is 80.9 cm³/mol. The number of rotatable bonds is 0. The molecule has 0 bridgehead atoms. The van der Waals surface area contributed by atoms with Crippen LogP contribution in [0, 0.1) is 0 Å². The van der Waals surface area contributed by atoms with E-state index >= 15 is 0 Å². The van der Waals surface area contributed by atoms with Crippen LogP contribution in [-0.4, -0.2) is 21.4 Å². The van der Waals surface area contributed by atoms with Crippen LogP contribution in [0.2, 0.25) is 0 Å². The topological polar surface area (TPSA) is 18.5 Å². The fourth-order valence-corrected chi connectivity index (χ4v) is 6.69. The molecule has 0 aromatic heterocycles. The van der Waals surface area contributed by atoms with Crippen molar-refractivity contribution >= 4 is 23.5 Å². The van der Waals surface area contributed by atoms with E-state index in [0.29, 0.717) is 4.08 Å². The Morgan fingerprint density at radius 2 is 2.00 bits per heavy atom. The van der Waals surface area contributed by atoms with Gasteiger partial charge in [-0.3, -0.25) is 0 Å². The molecule has 4 heteroatoms. The van der Waals surface area contributed by atoms with E-state index in [9.17, 15) is 0 Å². The fraction of sp³-hybridized carbons (Fsp3) is 0.600. The maximum atomic E-state index is 6.22. The summed E-state index contributed by atoms with van der Waals surface area (Å²) in [5.74, 6) is 3.06. The number of ether oxygens (including phenoxy) is 2. The van der Waals surface area contributed by atoms with E-state index in [1.54, 1.807) is 0 Å². The van der Waals surface area contributed by atoms with Gasteiger partial charge in [-0.25, -0.2) is 0 Å². The Labute approximate surface area is 122 Å². The second kappa shape index (κ2) is 4.09. The minimum absolute atomic E-state index is 0.196. The summed E-state index contributed by atoms with van der Waals surface area (Å²) in [6, 6.07) is 6.45. The van der Waals surface area contributed by atoms with Crippen molar-refractivity contribution < 1.29 is 9.47 Å². The van der Waals surface area contributed by atoms with Gasteiger partial charge in [-0.05, 0) is 18.1 Å². The number of benzene rings is 1. The highest BCUT2D eigenvalue weighted by Gasteiger charge is 2.47. The lowest BCUT2D eigenvalue weighted by molar-refractivity contribution is -0.210. The molecule has 2 heterocycles. The quantitative estimate of drug-likeness (QED) is 0.720. The van der Waals surface area contributed by atoms with Gasteiger partial charge in [-0.2, -0.15) is 0 Å². The summed E-state index contributed by atoms with van der Waals surface area (Å²) in [5, 5.41) is 0. The molecule has 1 aliphatic carbocycles.